The number of anilines is 1. The molecule has 3 rings (SSSR count). The first-order valence-corrected chi connectivity index (χ1v) is 7.41. The molecule has 1 aromatic carbocycles. The van der Waals surface area contributed by atoms with Crippen molar-refractivity contribution < 1.29 is 9.90 Å². The first-order valence-electron chi connectivity index (χ1n) is 7.41. The highest BCUT2D eigenvalue weighted by Crippen LogP contribution is 2.28. The molecule has 2 aromatic heterocycles. The lowest BCUT2D eigenvalue weighted by Crippen LogP contribution is -2.18. The highest BCUT2D eigenvalue weighted by molar-refractivity contribution is 6.00. The predicted molar refractivity (Wildman–Crippen MR) is 89.2 cm³/mol. The van der Waals surface area contributed by atoms with Crippen molar-refractivity contribution >= 4 is 22.8 Å². The van der Waals surface area contributed by atoms with E-state index in [1.54, 1.807) is 12.1 Å². The van der Waals surface area contributed by atoms with Gasteiger partial charge in [0, 0.05) is 11.5 Å². The summed E-state index contributed by atoms with van der Waals surface area (Å²) in [6.45, 7) is 5.61. The molecule has 0 saturated heterocycles. The number of carbonyl (C=O) groups is 1. The summed E-state index contributed by atoms with van der Waals surface area (Å²) in [5, 5.41) is 20.0. The summed E-state index contributed by atoms with van der Waals surface area (Å²) in [6, 6.07) is 8.83. The Kier molecular flexibility index (Phi) is 3.73. The lowest BCUT2D eigenvalue weighted by atomic mass is 10.1. The van der Waals surface area contributed by atoms with Crippen LogP contribution in [0.15, 0.2) is 30.3 Å². The number of phenolic OH excluding ortho intramolecular Hbond substituents is 1. The third-order valence-electron chi connectivity index (χ3n) is 3.65. The van der Waals surface area contributed by atoms with E-state index in [0.717, 1.165) is 22.2 Å². The SMILES string of the molecule is Cc1cc2c(NC(=O)C(C)C)n[nH]c2nc1-c1ccc(O)cc1. The average Bonchev–Trinajstić information content (AvgIpc) is 2.89. The number of benzene rings is 1. The first kappa shape index (κ1) is 15.0. The molecule has 0 radical (unpaired) electrons. The minimum atomic E-state index is -0.118. The van der Waals surface area contributed by atoms with Crippen LogP contribution in [0.3, 0.4) is 0 Å². The van der Waals surface area contributed by atoms with Gasteiger partial charge in [0.15, 0.2) is 11.5 Å². The molecule has 0 unspecified atom stereocenters. The maximum atomic E-state index is 11.9. The van der Waals surface area contributed by atoms with E-state index in [9.17, 15) is 9.90 Å². The number of aromatic nitrogens is 3. The summed E-state index contributed by atoms with van der Waals surface area (Å²) in [5.41, 5.74) is 3.29. The first-order chi connectivity index (χ1) is 11.0. The van der Waals surface area contributed by atoms with E-state index in [-0.39, 0.29) is 17.6 Å². The fraction of sp³-hybridized carbons (Fsp3) is 0.235. The van der Waals surface area contributed by atoms with Crippen LogP contribution in [0, 0.1) is 12.8 Å². The van der Waals surface area contributed by atoms with Gasteiger partial charge in [-0.05, 0) is 42.8 Å². The largest absolute Gasteiger partial charge is 0.508 e. The minimum absolute atomic E-state index is 0.0846. The Morgan fingerprint density at radius 1 is 1.26 bits per heavy atom. The summed E-state index contributed by atoms with van der Waals surface area (Å²) in [5.74, 6) is 0.505. The molecule has 0 aliphatic heterocycles. The van der Waals surface area contributed by atoms with Crippen LogP contribution in [0.5, 0.6) is 5.75 Å². The molecule has 6 nitrogen and oxygen atoms in total. The molecule has 6 heteroatoms. The number of aryl methyl sites for hydroxylation is 1. The zero-order valence-corrected chi connectivity index (χ0v) is 13.2. The number of nitrogens with one attached hydrogen (secondary N) is 2. The van der Waals surface area contributed by atoms with Gasteiger partial charge in [-0.15, -0.1) is 0 Å². The zero-order valence-electron chi connectivity index (χ0n) is 13.2. The van der Waals surface area contributed by atoms with Crippen molar-refractivity contribution in [2.75, 3.05) is 5.32 Å². The Morgan fingerprint density at radius 3 is 2.61 bits per heavy atom. The third kappa shape index (κ3) is 2.88. The summed E-state index contributed by atoms with van der Waals surface area (Å²) in [4.78, 5) is 16.4. The Bertz CT molecular complexity index is 866. The van der Waals surface area contributed by atoms with Gasteiger partial charge in [0.1, 0.15) is 5.75 Å². The molecule has 118 valence electrons. The number of rotatable bonds is 3. The molecule has 1 amide bonds. The molecule has 0 aliphatic rings. The van der Waals surface area contributed by atoms with Crippen molar-refractivity contribution in [1.82, 2.24) is 15.2 Å². The maximum Gasteiger partial charge on any atom is 0.228 e. The highest BCUT2D eigenvalue weighted by atomic mass is 16.3. The highest BCUT2D eigenvalue weighted by Gasteiger charge is 2.15. The summed E-state index contributed by atoms with van der Waals surface area (Å²) < 4.78 is 0. The molecule has 0 aliphatic carbocycles. The van der Waals surface area contributed by atoms with Crippen molar-refractivity contribution in [1.29, 1.82) is 0 Å². The van der Waals surface area contributed by atoms with Gasteiger partial charge in [-0.3, -0.25) is 9.89 Å². The van der Waals surface area contributed by atoms with Crippen LogP contribution < -0.4 is 5.32 Å². The summed E-state index contributed by atoms with van der Waals surface area (Å²) in [7, 11) is 0. The van der Waals surface area contributed by atoms with Crippen LogP contribution in [0.2, 0.25) is 0 Å². The van der Waals surface area contributed by atoms with Gasteiger partial charge in [-0.2, -0.15) is 5.10 Å². The number of hydrogen-bond acceptors (Lipinski definition) is 4. The molecule has 3 N–H and O–H groups in total. The number of H-pyrrole nitrogens is 1. The summed E-state index contributed by atoms with van der Waals surface area (Å²) in [6.07, 6.45) is 0. The summed E-state index contributed by atoms with van der Waals surface area (Å²) >= 11 is 0. The Hall–Kier alpha value is -2.89. The van der Waals surface area contributed by atoms with Crippen LogP contribution in [0.25, 0.3) is 22.3 Å². The number of carbonyl (C=O) groups excluding carboxylic acids is 1. The van der Waals surface area contributed by atoms with Crippen LogP contribution in [-0.4, -0.2) is 26.2 Å². The molecular weight excluding hydrogens is 292 g/mol. The molecule has 0 atom stereocenters. The lowest BCUT2D eigenvalue weighted by molar-refractivity contribution is -0.118. The van der Waals surface area contributed by atoms with Gasteiger partial charge in [0.25, 0.3) is 0 Å². The second-order valence-electron chi connectivity index (χ2n) is 5.81. The monoisotopic (exact) mass is 310 g/mol. The van der Waals surface area contributed by atoms with Gasteiger partial charge in [-0.1, -0.05) is 13.8 Å². The van der Waals surface area contributed by atoms with E-state index in [1.807, 2.05) is 39.0 Å². The standard InChI is InChI=1S/C17H18N4O2/c1-9(2)17(23)19-16-13-8-10(3)14(18-15(13)20-21-16)11-4-6-12(22)7-5-11/h4-9,22H,1-3H3,(H2,18,19,20,21,23). The lowest BCUT2D eigenvalue weighted by Gasteiger charge is -2.07. The smallest absolute Gasteiger partial charge is 0.228 e. The molecule has 0 bridgehead atoms. The normalized spacial score (nSPS) is 11.1. The Labute approximate surface area is 133 Å². The quantitative estimate of drug-likeness (QED) is 0.692. The van der Waals surface area contributed by atoms with Gasteiger partial charge in [0.05, 0.1) is 11.1 Å². The number of amides is 1. The number of pyridine rings is 1. The molecule has 0 saturated carbocycles. The maximum absolute atomic E-state index is 11.9. The molecular formula is C17H18N4O2. The van der Waals surface area contributed by atoms with Gasteiger partial charge >= 0.3 is 0 Å². The number of aromatic amines is 1. The van der Waals surface area contributed by atoms with Gasteiger partial charge < -0.3 is 10.4 Å². The molecule has 3 aromatic rings. The topological polar surface area (TPSA) is 90.9 Å². The molecule has 23 heavy (non-hydrogen) atoms. The van der Waals surface area contributed by atoms with Crippen molar-refractivity contribution in [2.45, 2.75) is 20.8 Å². The fourth-order valence-electron chi connectivity index (χ4n) is 2.32. The molecule has 2 heterocycles. The average molecular weight is 310 g/mol. The van der Waals surface area contributed by atoms with E-state index >= 15 is 0 Å². The van der Waals surface area contributed by atoms with Crippen molar-refractivity contribution in [3.8, 4) is 17.0 Å². The van der Waals surface area contributed by atoms with E-state index in [2.05, 4.69) is 20.5 Å². The Morgan fingerprint density at radius 2 is 1.96 bits per heavy atom. The van der Waals surface area contributed by atoms with Crippen LogP contribution in [0.1, 0.15) is 19.4 Å². The van der Waals surface area contributed by atoms with Crippen LogP contribution >= 0.6 is 0 Å². The van der Waals surface area contributed by atoms with E-state index in [1.165, 1.54) is 0 Å². The minimum Gasteiger partial charge on any atom is -0.508 e. The number of hydrogen-bond donors (Lipinski definition) is 3. The second-order valence-corrected chi connectivity index (χ2v) is 5.81. The third-order valence-corrected chi connectivity index (χ3v) is 3.65. The molecule has 0 spiro atoms. The van der Waals surface area contributed by atoms with E-state index in [0.29, 0.717) is 11.5 Å². The van der Waals surface area contributed by atoms with Crippen molar-refractivity contribution in [3.05, 3.63) is 35.9 Å². The predicted octanol–water partition coefficient (Wildman–Crippen LogP) is 3.23. The van der Waals surface area contributed by atoms with Gasteiger partial charge in [-0.25, -0.2) is 4.98 Å². The molecule has 0 fully saturated rings. The zero-order chi connectivity index (χ0) is 16.6. The van der Waals surface area contributed by atoms with Gasteiger partial charge in [0.2, 0.25) is 5.91 Å². The fourth-order valence-corrected chi connectivity index (χ4v) is 2.32. The van der Waals surface area contributed by atoms with E-state index < -0.39 is 0 Å². The number of nitrogens with zero attached hydrogens (tertiary/aromatic N) is 2. The Balaban J connectivity index is 2.03. The number of phenols is 1. The second kappa shape index (κ2) is 5.72. The van der Waals surface area contributed by atoms with Crippen LogP contribution in [-0.2, 0) is 4.79 Å². The van der Waals surface area contributed by atoms with E-state index in [4.69, 9.17) is 0 Å². The van der Waals surface area contributed by atoms with Crippen molar-refractivity contribution in [2.24, 2.45) is 5.92 Å². The van der Waals surface area contributed by atoms with Crippen LogP contribution in [0.4, 0.5) is 5.82 Å². The number of fused-ring (bicyclic) bond motifs is 1. The van der Waals surface area contributed by atoms with Crippen molar-refractivity contribution in [3.63, 3.8) is 0 Å². The number of aromatic hydroxyl groups is 1.